The Morgan fingerprint density at radius 1 is 0.923 bits per heavy atom. The molecule has 0 radical (unpaired) electrons. The number of fused-ring (bicyclic) bond motifs is 1. The zero-order chi connectivity index (χ0) is 28.4. The number of carbonyl (C=O) groups excluding carboxylic acids is 1. The van der Waals surface area contributed by atoms with E-state index in [2.05, 4.69) is 25.5 Å². The van der Waals surface area contributed by atoms with Gasteiger partial charge in [-0.3, -0.25) is 4.79 Å². The van der Waals surface area contributed by atoms with E-state index < -0.39 is 27.1 Å². The third-order valence-electron chi connectivity index (χ3n) is 6.77. The second-order valence-corrected chi connectivity index (χ2v) is 12.5. The van der Waals surface area contributed by atoms with E-state index in [1.54, 1.807) is 42.5 Å². The van der Waals surface area contributed by atoms with Crippen molar-refractivity contribution in [3.63, 3.8) is 0 Å². The topological polar surface area (TPSA) is 119 Å². The highest BCUT2D eigenvalue weighted by molar-refractivity contribution is 7.90. The lowest BCUT2D eigenvalue weighted by atomic mass is 9.87. The van der Waals surface area contributed by atoms with Crippen LogP contribution in [0.4, 0.5) is 0 Å². The molecule has 0 aromatic heterocycles. The van der Waals surface area contributed by atoms with E-state index in [1.165, 1.54) is 6.07 Å². The standard InChI is InChI=1S/C30H33NO7S/c1-5-6-20-15-23(29(33)34)8-7-21(20)17-27(22-11-14-25-26(16-22)38-18-37-25)39(35,36)31-28(32)19-9-12-24(13-10-19)30(2,3)4/h7-16,27H,5-6,17-18H2,1-4H3,(H,31,32)(H,33,34). The zero-order valence-electron chi connectivity index (χ0n) is 22.5. The Labute approximate surface area is 229 Å². The number of aromatic carboxylic acids is 1. The Kier molecular flexibility index (Phi) is 8.02. The van der Waals surface area contributed by atoms with Crippen molar-refractivity contribution >= 4 is 21.9 Å². The van der Waals surface area contributed by atoms with Crippen LogP contribution >= 0.6 is 0 Å². The molecule has 0 spiro atoms. The fraction of sp³-hybridized carbons (Fsp3) is 0.333. The summed E-state index contributed by atoms with van der Waals surface area (Å²) in [6.45, 7) is 8.16. The molecule has 2 N–H and O–H groups in total. The maximum atomic E-state index is 13.8. The summed E-state index contributed by atoms with van der Waals surface area (Å²) in [5, 5.41) is 8.29. The molecule has 1 heterocycles. The first-order chi connectivity index (χ1) is 18.4. The molecular weight excluding hydrogens is 518 g/mol. The highest BCUT2D eigenvalue weighted by Crippen LogP contribution is 2.37. The third-order valence-corrected chi connectivity index (χ3v) is 8.43. The Morgan fingerprint density at radius 2 is 1.59 bits per heavy atom. The summed E-state index contributed by atoms with van der Waals surface area (Å²) < 4.78 is 40.7. The molecule has 4 rings (SSSR count). The lowest BCUT2D eigenvalue weighted by Gasteiger charge is -2.21. The largest absolute Gasteiger partial charge is 0.478 e. The minimum absolute atomic E-state index is 0.0282. The highest BCUT2D eigenvalue weighted by atomic mass is 32.2. The molecule has 8 nitrogen and oxygen atoms in total. The van der Waals surface area contributed by atoms with E-state index in [4.69, 9.17) is 9.47 Å². The second kappa shape index (κ2) is 11.1. The van der Waals surface area contributed by atoms with Crippen LogP contribution in [0.3, 0.4) is 0 Å². The van der Waals surface area contributed by atoms with Gasteiger partial charge >= 0.3 is 5.97 Å². The predicted molar refractivity (Wildman–Crippen MR) is 148 cm³/mol. The van der Waals surface area contributed by atoms with E-state index in [0.717, 1.165) is 17.5 Å². The van der Waals surface area contributed by atoms with Crippen LogP contribution in [0.5, 0.6) is 11.5 Å². The molecule has 0 saturated heterocycles. The summed E-state index contributed by atoms with van der Waals surface area (Å²) in [5.74, 6) is -0.845. The van der Waals surface area contributed by atoms with Gasteiger partial charge in [-0.1, -0.05) is 58.4 Å². The van der Waals surface area contributed by atoms with Crippen molar-refractivity contribution in [2.75, 3.05) is 6.79 Å². The van der Waals surface area contributed by atoms with Crippen molar-refractivity contribution in [2.24, 2.45) is 0 Å². The molecule has 3 aromatic rings. The molecule has 39 heavy (non-hydrogen) atoms. The van der Waals surface area contributed by atoms with Gasteiger partial charge in [0.2, 0.25) is 16.8 Å². The average molecular weight is 552 g/mol. The fourth-order valence-corrected chi connectivity index (χ4v) is 5.98. The summed E-state index contributed by atoms with van der Waals surface area (Å²) in [5.41, 5.74) is 3.14. The van der Waals surface area contributed by atoms with Gasteiger partial charge in [0.25, 0.3) is 5.91 Å². The number of carboxylic acids is 1. The predicted octanol–water partition coefficient (Wildman–Crippen LogP) is 5.41. The van der Waals surface area contributed by atoms with E-state index in [-0.39, 0.29) is 29.8 Å². The van der Waals surface area contributed by atoms with E-state index in [1.807, 2.05) is 19.1 Å². The summed E-state index contributed by atoms with van der Waals surface area (Å²) in [6.07, 6.45) is 1.36. The van der Waals surface area contributed by atoms with Crippen LogP contribution in [0.15, 0.2) is 60.7 Å². The maximum absolute atomic E-state index is 13.8. The van der Waals surface area contributed by atoms with Crippen molar-refractivity contribution in [1.29, 1.82) is 0 Å². The van der Waals surface area contributed by atoms with Crippen molar-refractivity contribution in [1.82, 2.24) is 4.72 Å². The molecule has 1 atom stereocenters. The molecule has 0 saturated carbocycles. The lowest BCUT2D eigenvalue weighted by Crippen LogP contribution is -2.35. The number of carbonyl (C=O) groups is 2. The number of sulfonamides is 1. The van der Waals surface area contributed by atoms with Gasteiger partial charge < -0.3 is 14.6 Å². The number of amides is 1. The Balaban J connectivity index is 1.70. The van der Waals surface area contributed by atoms with Gasteiger partial charge in [0.1, 0.15) is 5.25 Å². The minimum atomic E-state index is -4.25. The van der Waals surface area contributed by atoms with Crippen LogP contribution in [0.25, 0.3) is 0 Å². The Morgan fingerprint density at radius 3 is 2.23 bits per heavy atom. The molecule has 0 aliphatic carbocycles. The number of carboxylic acid groups (broad SMARTS) is 1. The molecule has 1 amide bonds. The summed E-state index contributed by atoms with van der Waals surface area (Å²) >= 11 is 0. The summed E-state index contributed by atoms with van der Waals surface area (Å²) in [7, 11) is -4.25. The van der Waals surface area contributed by atoms with Crippen molar-refractivity contribution in [3.8, 4) is 11.5 Å². The molecular formula is C30H33NO7S. The minimum Gasteiger partial charge on any atom is -0.478 e. The average Bonchev–Trinajstić information content (AvgIpc) is 3.35. The number of ether oxygens (including phenoxy) is 2. The number of benzene rings is 3. The third kappa shape index (κ3) is 6.42. The second-order valence-electron chi connectivity index (χ2n) is 10.6. The number of hydrogen-bond donors (Lipinski definition) is 2. The van der Waals surface area contributed by atoms with Gasteiger partial charge in [-0.25, -0.2) is 17.9 Å². The van der Waals surface area contributed by atoms with Gasteiger partial charge in [-0.05, 0) is 76.9 Å². The van der Waals surface area contributed by atoms with Crippen LogP contribution in [-0.4, -0.2) is 32.2 Å². The normalized spacial score (nSPS) is 13.6. The first-order valence-corrected chi connectivity index (χ1v) is 14.3. The van der Waals surface area contributed by atoms with Gasteiger partial charge in [0.15, 0.2) is 11.5 Å². The monoisotopic (exact) mass is 551 g/mol. The highest BCUT2D eigenvalue weighted by Gasteiger charge is 2.32. The SMILES string of the molecule is CCCc1cc(C(=O)O)ccc1CC(c1ccc2c(c1)OCO2)S(=O)(=O)NC(=O)c1ccc(C(C)(C)C)cc1. The smallest absolute Gasteiger partial charge is 0.335 e. The fourth-order valence-electron chi connectivity index (χ4n) is 4.56. The van der Waals surface area contributed by atoms with Crippen LogP contribution in [0.2, 0.25) is 0 Å². The molecule has 1 aliphatic heterocycles. The molecule has 206 valence electrons. The number of aryl methyl sites for hydroxylation is 1. The van der Waals surface area contributed by atoms with Crippen molar-refractivity contribution in [2.45, 2.75) is 57.6 Å². The molecule has 9 heteroatoms. The van der Waals surface area contributed by atoms with Gasteiger partial charge in [0, 0.05) is 5.56 Å². The van der Waals surface area contributed by atoms with E-state index in [9.17, 15) is 23.1 Å². The number of hydrogen-bond acceptors (Lipinski definition) is 6. The Hall–Kier alpha value is -3.85. The van der Waals surface area contributed by atoms with Crippen molar-refractivity contribution < 1.29 is 32.6 Å². The van der Waals surface area contributed by atoms with Crippen molar-refractivity contribution in [3.05, 3.63) is 94.0 Å². The van der Waals surface area contributed by atoms with Crippen LogP contribution in [0.1, 0.15) is 82.3 Å². The zero-order valence-corrected chi connectivity index (χ0v) is 23.3. The molecule has 0 fully saturated rings. The summed E-state index contributed by atoms with van der Waals surface area (Å²) in [4.78, 5) is 24.6. The Bertz CT molecular complexity index is 1490. The summed E-state index contributed by atoms with van der Waals surface area (Å²) in [6, 6.07) is 16.5. The van der Waals surface area contributed by atoms with Crippen LogP contribution < -0.4 is 14.2 Å². The maximum Gasteiger partial charge on any atom is 0.335 e. The van der Waals surface area contributed by atoms with Gasteiger partial charge in [0.05, 0.1) is 5.56 Å². The first kappa shape index (κ1) is 28.2. The lowest BCUT2D eigenvalue weighted by molar-refractivity contribution is 0.0696. The number of rotatable bonds is 9. The molecule has 1 aliphatic rings. The van der Waals surface area contributed by atoms with Gasteiger partial charge in [-0.2, -0.15) is 0 Å². The van der Waals surface area contributed by atoms with E-state index >= 15 is 0 Å². The number of nitrogens with one attached hydrogen (secondary N) is 1. The quantitative estimate of drug-likeness (QED) is 0.365. The molecule has 1 unspecified atom stereocenters. The first-order valence-electron chi connectivity index (χ1n) is 12.8. The van der Waals surface area contributed by atoms with Crippen LogP contribution in [-0.2, 0) is 28.3 Å². The molecule has 0 bridgehead atoms. The molecule has 3 aromatic carbocycles. The van der Waals surface area contributed by atoms with E-state index in [0.29, 0.717) is 29.0 Å². The van der Waals surface area contributed by atoms with Crippen LogP contribution in [0, 0.1) is 0 Å². The van der Waals surface area contributed by atoms with Gasteiger partial charge in [-0.15, -0.1) is 0 Å².